The molecule has 10 heteroatoms. The molecule has 1 aromatic carbocycles. The zero-order valence-corrected chi connectivity index (χ0v) is 19.8. The molecule has 1 amide bonds. The van der Waals surface area contributed by atoms with Crippen molar-refractivity contribution < 1.29 is 23.1 Å². The number of rotatable bonds is 6. The Hall–Kier alpha value is -2.30. The lowest BCUT2D eigenvalue weighted by atomic mass is 10.1. The molecule has 0 unspecified atom stereocenters. The Kier molecular flexibility index (Phi) is 6.37. The second-order valence-electron chi connectivity index (χ2n) is 8.50. The fourth-order valence-corrected chi connectivity index (χ4v) is 7.40. The maximum absolute atomic E-state index is 13.3. The highest BCUT2D eigenvalue weighted by Gasteiger charge is 2.40. The Bertz CT molecular complexity index is 1150. The number of sulfonamides is 1. The lowest BCUT2D eigenvalue weighted by Crippen LogP contribution is -2.40. The van der Waals surface area contributed by atoms with Gasteiger partial charge in [-0.3, -0.25) is 9.59 Å². The van der Waals surface area contributed by atoms with Gasteiger partial charge in [0.05, 0.1) is 15.5 Å². The largest absolute Gasteiger partial charge is 0.480 e. The van der Waals surface area contributed by atoms with E-state index in [1.165, 1.54) is 11.3 Å². The Balaban J connectivity index is 1.64. The quantitative estimate of drug-likeness (QED) is 0.654. The molecule has 0 bridgehead atoms. The van der Waals surface area contributed by atoms with Crippen LogP contribution in [0.3, 0.4) is 0 Å². The van der Waals surface area contributed by atoms with Crippen LogP contribution in [0.1, 0.15) is 49.8 Å². The third-order valence-corrected chi connectivity index (χ3v) is 9.45. The van der Waals surface area contributed by atoms with Gasteiger partial charge in [0.1, 0.15) is 6.04 Å². The van der Waals surface area contributed by atoms with Crippen LogP contribution in [0, 0.1) is 19.8 Å². The number of amides is 1. The Labute approximate surface area is 191 Å². The van der Waals surface area contributed by atoms with Gasteiger partial charge in [0.25, 0.3) is 0 Å². The van der Waals surface area contributed by atoms with Gasteiger partial charge in [0.15, 0.2) is 5.13 Å². The summed E-state index contributed by atoms with van der Waals surface area (Å²) in [5.74, 6) is -1.11. The summed E-state index contributed by atoms with van der Waals surface area (Å²) >= 11 is 1.32. The molecule has 2 aromatic rings. The van der Waals surface area contributed by atoms with E-state index in [1.54, 1.807) is 19.1 Å². The van der Waals surface area contributed by atoms with Crippen LogP contribution in [0.15, 0.2) is 23.1 Å². The van der Waals surface area contributed by atoms with E-state index in [1.807, 2.05) is 13.0 Å². The maximum atomic E-state index is 13.3. The fourth-order valence-electron chi connectivity index (χ4n) is 4.53. The molecule has 1 aromatic heterocycles. The van der Waals surface area contributed by atoms with Gasteiger partial charge in [-0.05, 0) is 56.7 Å². The maximum Gasteiger partial charge on any atom is 0.322 e. The molecule has 2 fully saturated rings. The van der Waals surface area contributed by atoms with Gasteiger partial charge in [0, 0.05) is 12.5 Å². The van der Waals surface area contributed by atoms with Crippen molar-refractivity contribution >= 4 is 38.4 Å². The number of thiazole rings is 1. The van der Waals surface area contributed by atoms with Gasteiger partial charge < -0.3 is 10.4 Å². The number of aliphatic carboxylic acids is 1. The zero-order chi connectivity index (χ0) is 23.0. The minimum Gasteiger partial charge on any atom is -0.480 e. The van der Waals surface area contributed by atoms with Gasteiger partial charge in [-0.15, -0.1) is 0 Å². The van der Waals surface area contributed by atoms with Crippen molar-refractivity contribution in [2.45, 2.75) is 63.3 Å². The van der Waals surface area contributed by atoms with Crippen LogP contribution in [-0.4, -0.2) is 47.3 Å². The predicted molar refractivity (Wildman–Crippen MR) is 122 cm³/mol. The van der Waals surface area contributed by atoms with Crippen LogP contribution in [0.2, 0.25) is 0 Å². The molecule has 0 spiro atoms. The van der Waals surface area contributed by atoms with E-state index in [-0.39, 0.29) is 23.3 Å². The summed E-state index contributed by atoms with van der Waals surface area (Å²) in [6.45, 7) is 3.72. The number of anilines is 1. The molecular formula is C22H27N3O5S2. The van der Waals surface area contributed by atoms with Crippen molar-refractivity contribution in [3.05, 3.63) is 29.5 Å². The summed E-state index contributed by atoms with van der Waals surface area (Å²) in [5, 5.41) is 12.9. The molecule has 172 valence electrons. The lowest BCUT2D eigenvalue weighted by molar-refractivity contribution is -0.140. The van der Waals surface area contributed by atoms with E-state index < -0.39 is 22.0 Å². The third kappa shape index (κ3) is 4.31. The van der Waals surface area contributed by atoms with E-state index in [9.17, 15) is 23.1 Å². The van der Waals surface area contributed by atoms with E-state index in [2.05, 4.69) is 10.3 Å². The van der Waals surface area contributed by atoms with E-state index in [4.69, 9.17) is 0 Å². The normalized spacial score (nSPS) is 20.0. The lowest BCUT2D eigenvalue weighted by Gasteiger charge is -2.22. The van der Waals surface area contributed by atoms with E-state index in [0.29, 0.717) is 34.8 Å². The smallest absolute Gasteiger partial charge is 0.322 e. The molecule has 2 aliphatic rings. The van der Waals surface area contributed by atoms with Crippen molar-refractivity contribution in [2.75, 3.05) is 11.9 Å². The van der Waals surface area contributed by atoms with Crippen molar-refractivity contribution in [2.24, 2.45) is 5.92 Å². The van der Waals surface area contributed by atoms with Crippen molar-refractivity contribution in [1.29, 1.82) is 0 Å². The number of carboxylic acids is 1. The fraction of sp³-hybridized carbons (Fsp3) is 0.500. The summed E-state index contributed by atoms with van der Waals surface area (Å²) in [6, 6.07) is 4.11. The molecule has 32 heavy (non-hydrogen) atoms. The Morgan fingerprint density at radius 3 is 2.56 bits per heavy atom. The minimum atomic E-state index is -3.96. The molecular weight excluding hydrogens is 450 g/mol. The van der Waals surface area contributed by atoms with E-state index >= 15 is 0 Å². The number of nitrogens with one attached hydrogen (secondary N) is 1. The van der Waals surface area contributed by atoms with Crippen LogP contribution in [0.5, 0.6) is 0 Å². The van der Waals surface area contributed by atoms with Gasteiger partial charge in [0.2, 0.25) is 15.9 Å². The average molecular weight is 478 g/mol. The molecule has 4 rings (SSSR count). The third-order valence-electron chi connectivity index (χ3n) is 6.28. The van der Waals surface area contributed by atoms with Crippen LogP contribution < -0.4 is 5.32 Å². The number of carboxylic acid groups (broad SMARTS) is 1. The molecule has 0 radical (unpaired) electrons. The highest BCUT2D eigenvalue weighted by molar-refractivity contribution is 7.89. The second kappa shape index (κ2) is 8.92. The van der Waals surface area contributed by atoms with Gasteiger partial charge >= 0.3 is 5.97 Å². The van der Waals surface area contributed by atoms with Gasteiger partial charge in [-0.2, -0.15) is 4.31 Å². The van der Waals surface area contributed by atoms with Crippen LogP contribution in [0.25, 0.3) is 10.4 Å². The number of aryl methyl sites for hydroxylation is 2. The van der Waals surface area contributed by atoms with Crippen LogP contribution in [0.4, 0.5) is 5.13 Å². The number of carbonyl (C=O) groups is 2. The molecule has 1 saturated heterocycles. The summed E-state index contributed by atoms with van der Waals surface area (Å²) in [5.41, 5.74) is 1.94. The first-order valence-corrected chi connectivity index (χ1v) is 13.1. The van der Waals surface area contributed by atoms with Crippen molar-refractivity contribution in [3.8, 4) is 10.4 Å². The minimum absolute atomic E-state index is 0.0104. The number of benzene rings is 1. The Morgan fingerprint density at radius 2 is 1.88 bits per heavy atom. The standard InChI is InChI=1S/C22H27N3O5S2/c1-13-9-10-16(12-18(13)32(29,30)25-11-5-8-17(25)21(27)28)19-14(2)23-22(31-19)24-20(26)15-6-3-4-7-15/h9-10,12,15,17H,3-8,11H2,1-2H3,(H,27,28)(H,23,24,26)/t17-/m0/s1. The second-order valence-corrected chi connectivity index (χ2v) is 11.4. The van der Waals surface area contributed by atoms with Crippen molar-refractivity contribution in [3.63, 3.8) is 0 Å². The summed E-state index contributed by atoms with van der Waals surface area (Å²) in [4.78, 5) is 29.4. The first-order valence-electron chi connectivity index (χ1n) is 10.8. The SMILES string of the molecule is Cc1ccc(-c2sc(NC(=O)C3CCCC3)nc2C)cc1S(=O)(=O)N1CCC[C@H]1C(=O)O. The van der Waals surface area contributed by atoms with Gasteiger partial charge in [-0.1, -0.05) is 36.3 Å². The molecule has 8 nitrogen and oxygen atoms in total. The predicted octanol–water partition coefficient (Wildman–Crippen LogP) is 3.79. The number of hydrogen-bond acceptors (Lipinski definition) is 6. The topological polar surface area (TPSA) is 117 Å². The average Bonchev–Trinajstić information content (AvgIpc) is 3.49. The highest BCUT2D eigenvalue weighted by atomic mass is 32.2. The summed E-state index contributed by atoms with van der Waals surface area (Å²) < 4.78 is 27.8. The molecule has 1 aliphatic heterocycles. The van der Waals surface area contributed by atoms with Crippen LogP contribution >= 0.6 is 11.3 Å². The highest BCUT2D eigenvalue weighted by Crippen LogP contribution is 2.37. The molecule has 2 heterocycles. The molecule has 1 atom stereocenters. The number of aromatic nitrogens is 1. The summed E-state index contributed by atoms with van der Waals surface area (Å²) in [6.07, 6.45) is 4.77. The van der Waals surface area contributed by atoms with Crippen LogP contribution in [-0.2, 0) is 19.6 Å². The number of hydrogen-bond donors (Lipinski definition) is 2. The first kappa shape index (κ1) is 22.9. The Morgan fingerprint density at radius 1 is 1.16 bits per heavy atom. The summed E-state index contributed by atoms with van der Waals surface area (Å²) in [7, 11) is -3.96. The zero-order valence-electron chi connectivity index (χ0n) is 18.1. The molecule has 2 N–H and O–H groups in total. The first-order chi connectivity index (χ1) is 15.2. The number of nitrogens with zero attached hydrogens (tertiary/aromatic N) is 2. The molecule has 1 saturated carbocycles. The van der Waals surface area contributed by atoms with Crippen molar-refractivity contribution in [1.82, 2.24) is 9.29 Å². The number of carbonyl (C=O) groups excluding carboxylic acids is 1. The van der Waals surface area contributed by atoms with E-state index in [0.717, 1.165) is 34.9 Å². The molecule has 1 aliphatic carbocycles. The monoisotopic (exact) mass is 477 g/mol. The van der Waals surface area contributed by atoms with Gasteiger partial charge in [-0.25, -0.2) is 13.4 Å².